The molecule has 1 heterocycles. The number of nitrogens with zero attached hydrogens (tertiary/aromatic N) is 3. The summed E-state index contributed by atoms with van der Waals surface area (Å²) in [4.78, 5) is 40.1. The van der Waals surface area contributed by atoms with Gasteiger partial charge in [0.1, 0.15) is 11.8 Å². The van der Waals surface area contributed by atoms with Crippen molar-refractivity contribution in [3.05, 3.63) is 69.6 Å². The maximum absolute atomic E-state index is 13.0. The third-order valence-corrected chi connectivity index (χ3v) is 8.47. The summed E-state index contributed by atoms with van der Waals surface area (Å²) in [5, 5.41) is 5.59. The van der Waals surface area contributed by atoms with Crippen molar-refractivity contribution in [1.29, 1.82) is 0 Å². The molecule has 8 nitrogen and oxygen atoms in total. The van der Waals surface area contributed by atoms with E-state index in [0.717, 1.165) is 50.1 Å². The SMILES string of the molecule is COc1ccc(C2CN(C(C)(C)C)CC2CCN(CCNC=O)C(C(=O)N=O)c2ccc3c(c2)CCC3)cc1. The number of ether oxygens (including phenoxy) is 1. The Morgan fingerprint density at radius 2 is 1.87 bits per heavy atom. The molecule has 2 amide bonds. The van der Waals surface area contributed by atoms with Crippen LogP contribution in [0.4, 0.5) is 0 Å². The molecular formula is C31H42N4O4. The number of benzene rings is 2. The molecule has 2 aromatic carbocycles. The van der Waals surface area contributed by atoms with E-state index in [4.69, 9.17) is 4.74 Å². The van der Waals surface area contributed by atoms with Crippen LogP contribution in [0.2, 0.25) is 0 Å². The van der Waals surface area contributed by atoms with Crippen molar-refractivity contribution >= 4 is 12.3 Å². The first kappa shape index (κ1) is 28.9. The topological polar surface area (TPSA) is 91.3 Å². The van der Waals surface area contributed by atoms with Crippen molar-refractivity contribution in [2.45, 2.75) is 64.0 Å². The Hall–Kier alpha value is -3.10. The van der Waals surface area contributed by atoms with E-state index in [1.807, 2.05) is 23.1 Å². The normalized spacial score (nSPS) is 20.0. The number of fused-ring (bicyclic) bond motifs is 1. The van der Waals surface area contributed by atoms with Crippen LogP contribution in [0.5, 0.6) is 5.75 Å². The number of amides is 2. The minimum atomic E-state index is -0.763. The Morgan fingerprint density at radius 1 is 1.13 bits per heavy atom. The van der Waals surface area contributed by atoms with Gasteiger partial charge in [-0.05, 0) is 93.3 Å². The zero-order valence-electron chi connectivity index (χ0n) is 23.7. The van der Waals surface area contributed by atoms with Gasteiger partial charge < -0.3 is 10.1 Å². The molecule has 3 unspecified atom stereocenters. The maximum atomic E-state index is 13.0. The van der Waals surface area contributed by atoms with Gasteiger partial charge in [0, 0.05) is 42.8 Å². The van der Waals surface area contributed by atoms with Gasteiger partial charge in [0.05, 0.1) is 7.11 Å². The summed E-state index contributed by atoms with van der Waals surface area (Å²) in [7, 11) is 1.68. The second-order valence-electron chi connectivity index (χ2n) is 11.8. The highest BCUT2D eigenvalue weighted by Gasteiger charge is 2.39. The lowest BCUT2D eigenvalue weighted by atomic mass is 9.86. The van der Waals surface area contributed by atoms with Crippen LogP contribution in [-0.4, -0.2) is 67.5 Å². The number of methoxy groups -OCH3 is 1. The van der Waals surface area contributed by atoms with E-state index in [1.54, 1.807) is 7.11 Å². The van der Waals surface area contributed by atoms with Gasteiger partial charge in [0.2, 0.25) is 6.41 Å². The summed E-state index contributed by atoms with van der Waals surface area (Å²) < 4.78 is 5.37. The molecule has 2 aliphatic rings. The fraction of sp³-hybridized carbons (Fsp3) is 0.548. The molecule has 1 aliphatic carbocycles. The average Bonchev–Trinajstić information content (AvgIpc) is 3.58. The van der Waals surface area contributed by atoms with E-state index >= 15 is 0 Å². The van der Waals surface area contributed by atoms with E-state index in [0.29, 0.717) is 37.9 Å². The smallest absolute Gasteiger partial charge is 0.307 e. The molecule has 0 aromatic heterocycles. The molecule has 0 saturated carbocycles. The van der Waals surface area contributed by atoms with Crippen molar-refractivity contribution < 1.29 is 14.3 Å². The van der Waals surface area contributed by atoms with Crippen LogP contribution in [0.1, 0.15) is 67.8 Å². The Balaban J connectivity index is 1.59. The van der Waals surface area contributed by atoms with Gasteiger partial charge in [-0.15, -0.1) is 4.91 Å². The predicted octanol–water partition coefficient (Wildman–Crippen LogP) is 4.47. The number of hydrogen-bond donors (Lipinski definition) is 1. The molecule has 1 N–H and O–H groups in total. The molecule has 4 rings (SSSR count). The fourth-order valence-electron chi connectivity index (χ4n) is 6.23. The molecule has 1 aliphatic heterocycles. The van der Waals surface area contributed by atoms with Gasteiger partial charge in [-0.1, -0.05) is 30.3 Å². The van der Waals surface area contributed by atoms with Gasteiger partial charge in [-0.2, -0.15) is 0 Å². The number of hydrogen-bond acceptors (Lipinski definition) is 6. The second-order valence-corrected chi connectivity index (χ2v) is 11.8. The van der Waals surface area contributed by atoms with Crippen molar-refractivity contribution in [3.8, 4) is 5.75 Å². The Labute approximate surface area is 232 Å². The molecule has 39 heavy (non-hydrogen) atoms. The fourth-order valence-corrected chi connectivity index (χ4v) is 6.23. The lowest BCUT2D eigenvalue weighted by Crippen LogP contribution is -2.40. The van der Waals surface area contributed by atoms with Crippen LogP contribution in [0.3, 0.4) is 0 Å². The zero-order chi connectivity index (χ0) is 28.0. The van der Waals surface area contributed by atoms with E-state index in [1.165, 1.54) is 16.7 Å². The number of nitroso groups, excluding NO2 is 1. The molecule has 0 radical (unpaired) electrons. The summed E-state index contributed by atoms with van der Waals surface area (Å²) in [5.74, 6) is 0.850. The maximum Gasteiger partial charge on any atom is 0.307 e. The lowest BCUT2D eigenvalue weighted by molar-refractivity contribution is -0.123. The standard InChI is InChI=1S/C31H42N4O4/c1-31(2,3)35-19-26(28(20-35)23-10-12-27(39-4)13-11-23)14-16-34(17-15-32-21-36)29(30(37)33-38)25-9-8-22-6-5-7-24(22)18-25/h8-13,18,21,26,28-29H,5-7,14-17,19-20H2,1-4H3,(H,32,36). The molecule has 2 aromatic rings. The third-order valence-electron chi connectivity index (χ3n) is 8.47. The number of rotatable bonds is 12. The third kappa shape index (κ3) is 6.92. The van der Waals surface area contributed by atoms with E-state index in [-0.39, 0.29) is 5.54 Å². The Bertz CT molecular complexity index is 1140. The molecule has 210 valence electrons. The number of carbonyl (C=O) groups is 2. The van der Waals surface area contributed by atoms with Crippen LogP contribution in [0.15, 0.2) is 47.6 Å². The largest absolute Gasteiger partial charge is 0.497 e. The minimum Gasteiger partial charge on any atom is -0.497 e. The molecule has 1 fully saturated rings. The summed E-state index contributed by atoms with van der Waals surface area (Å²) >= 11 is 0. The molecule has 8 heteroatoms. The molecule has 0 bridgehead atoms. The van der Waals surface area contributed by atoms with Gasteiger partial charge >= 0.3 is 5.91 Å². The van der Waals surface area contributed by atoms with Gasteiger partial charge in [-0.25, -0.2) is 0 Å². The summed E-state index contributed by atoms with van der Waals surface area (Å²) in [6.45, 7) is 10.1. The van der Waals surface area contributed by atoms with Gasteiger partial charge in [0.25, 0.3) is 0 Å². The van der Waals surface area contributed by atoms with Crippen LogP contribution < -0.4 is 10.1 Å². The molecule has 0 spiro atoms. The van der Waals surface area contributed by atoms with Crippen molar-refractivity contribution in [2.24, 2.45) is 11.1 Å². The average molecular weight is 535 g/mol. The lowest BCUT2D eigenvalue weighted by Gasteiger charge is -2.32. The number of aryl methyl sites for hydroxylation is 2. The summed E-state index contributed by atoms with van der Waals surface area (Å²) in [6.07, 6.45) is 4.65. The second kappa shape index (κ2) is 12.8. The predicted molar refractivity (Wildman–Crippen MR) is 153 cm³/mol. The first-order valence-electron chi connectivity index (χ1n) is 14.0. The molecule has 3 atom stereocenters. The Morgan fingerprint density at radius 3 is 2.54 bits per heavy atom. The van der Waals surface area contributed by atoms with Crippen molar-refractivity contribution in [1.82, 2.24) is 15.1 Å². The first-order valence-corrected chi connectivity index (χ1v) is 14.0. The summed E-state index contributed by atoms with van der Waals surface area (Å²) in [6, 6.07) is 13.7. The van der Waals surface area contributed by atoms with Crippen molar-refractivity contribution in [3.63, 3.8) is 0 Å². The zero-order valence-corrected chi connectivity index (χ0v) is 23.7. The quantitative estimate of drug-likeness (QED) is 0.245. The van der Waals surface area contributed by atoms with E-state index in [2.05, 4.69) is 60.4 Å². The van der Waals surface area contributed by atoms with Gasteiger partial charge in [-0.3, -0.25) is 19.4 Å². The highest BCUT2D eigenvalue weighted by molar-refractivity contribution is 5.84. The van der Waals surface area contributed by atoms with Crippen LogP contribution in [0, 0.1) is 10.8 Å². The Kier molecular flexibility index (Phi) is 9.51. The summed E-state index contributed by atoms with van der Waals surface area (Å²) in [5.41, 5.74) is 4.69. The molecular weight excluding hydrogens is 492 g/mol. The van der Waals surface area contributed by atoms with Crippen LogP contribution in [0.25, 0.3) is 0 Å². The first-order chi connectivity index (χ1) is 18.7. The highest BCUT2D eigenvalue weighted by atomic mass is 16.5. The van der Waals surface area contributed by atoms with Crippen molar-refractivity contribution in [2.75, 3.05) is 39.8 Å². The molecule has 1 saturated heterocycles. The van der Waals surface area contributed by atoms with Gasteiger partial charge in [0.15, 0.2) is 0 Å². The van der Waals surface area contributed by atoms with Crippen LogP contribution in [-0.2, 0) is 22.4 Å². The number of carbonyl (C=O) groups excluding carboxylic acids is 2. The highest BCUT2D eigenvalue weighted by Crippen LogP contribution is 2.39. The van der Waals surface area contributed by atoms with E-state index < -0.39 is 11.9 Å². The number of nitrogens with one attached hydrogen (secondary N) is 1. The minimum absolute atomic E-state index is 0.0391. The van der Waals surface area contributed by atoms with Crippen LogP contribution >= 0.6 is 0 Å². The van der Waals surface area contributed by atoms with E-state index in [9.17, 15) is 14.5 Å². The monoisotopic (exact) mass is 534 g/mol. The number of likely N-dealkylation sites (tertiary alicyclic amines) is 1.